The summed E-state index contributed by atoms with van der Waals surface area (Å²) in [4.78, 5) is 29.8. The molecular formula is C19H20FN3O3. The molecule has 0 saturated carbocycles. The molecule has 6 nitrogen and oxygen atoms in total. The quantitative estimate of drug-likeness (QED) is 0.881. The molecule has 2 atom stereocenters. The summed E-state index contributed by atoms with van der Waals surface area (Å²) in [6, 6.07) is 10.3. The van der Waals surface area contributed by atoms with Crippen molar-refractivity contribution in [2.24, 2.45) is 5.41 Å². The first kappa shape index (κ1) is 17.8. The number of carboxylic acids is 1. The van der Waals surface area contributed by atoms with Crippen LogP contribution in [0.5, 0.6) is 0 Å². The Labute approximate surface area is 150 Å². The average molecular weight is 357 g/mol. The Balaban J connectivity index is 1.83. The second-order valence-electron chi connectivity index (χ2n) is 6.73. The van der Waals surface area contributed by atoms with Crippen LogP contribution in [0.15, 0.2) is 48.7 Å². The Morgan fingerprint density at radius 2 is 2.12 bits per heavy atom. The molecule has 2 N–H and O–H groups in total. The van der Waals surface area contributed by atoms with E-state index in [9.17, 15) is 19.1 Å². The zero-order chi connectivity index (χ0) is 18.7. The lowest BCUT2D eigenvalue weighted by molar-refractivity contribution is -0.147. The van der Waals surface area contributed by atoms with Gasteiger partial charge in [0.15, 0.2) is 0 Å². The van der Waals surface area contributed by atoms with Crippen molar-refractivity contribution in [3.63, 3.8) is 0 Å². The van der Waals surface area contributed by atoms with Gasteiger partial charge in [-0.3, -0.25) is 9.78 Å². The number of halogens is 1. The van der Waals surface area contributed by atoms with Gasteiger partial charge in [-0.05, 0) is 43.2 Å². The van der Waals surface area contributed by atoms with Crippen LogP contribution in [-0.2, 0) is 4.79 Å². The maximum atomic E-state index is 13.7. The first-order valence-electron chi connectivity index (χ1n) is 8.34. The summed E-state index contributed by atoms with van der Waals surface area (Å²) in [6.45, 7) is 2.12. The summed E-state index contributed by atoms with van der Waals surface area (Å²) < 4.78 is 13.7. The van der Waals surface area contributed by atoms with E-state index in [-0.39, 0.29) is 6.54 Å². The molecule has 0 spiro atoms. The topological polar surface area (TPSA) is 82.5 Å². The second kappa shape index (κ2) is 7.11. The number of hydrogen-bond donors (Lipinski definition) is 2. The van der Waals surface area contributed by atoms with Gasteiger partial charge in [-0.2, -0.15) is 0 Å². The number of carboxylic acid groups (broad SMARTS) is 1. The number of aromatic nitrogens is 1. The number of nitrogens with one attached hydrogen (secondary N) is 1. The van der Waals surface area contributed by atoms with E-state index < -0.39 is 29.3 Å². The smallest absolute Gasteiger partial charge is 0.318 e. The SMILES string of the molecule is CC1(C(=O)O)CCN(C(=O)NC(c2cccc(F)c2)c2ccccn2)C1. The van der Waals surface area contributed by atoms with Gasteiger partial charge < -0.3 is 15.3 Å². The molecule has 3 rings (SSSR count). The lowest BCUT2D eigenvalue weighted by atomic mass is 9.90. The summed E-state index contributed by atoms with van der Waals surface area (Å²) in [6.07, 6.45) is 2.00. The highest BCUT2D eigenvalue weighted by Gasteiger charge is 2.42. The molecule has 7 heteroatoms. The van der Waals surface area contributed by atoms with Crippen LogP contribution in [0.25, 0.3) is 0 Å². The van der Waals surface area contributed by atoms with E-state index in [2.05, 4.69) is 10.3 Å². The monoisotopic (exact) mass is 357 g/mol. The number of urea groups is 1. The van der Waals surface area contributed by atoms with Crippen molar-refractivity contribution in [1.82, 2.24) is 15.2 Å². The van der Waals surface area contributed by atoms with Crippen LogP contribution in [0.3, 0.4) is 0 Å². The molecule has 1 aliphatic heterocycles. The van der Waals surface area contributed by atoms with Gasteiger partial charge in [0.25, 0.3) is 0 Å². The standard InChI is InChI=1S/C19H20FN3O3/c1-19(17(24)25)8-10-23(12-19)18(26)22-16(15-7-2-3-9-21-15)13-5-4-6-14(20)11-13/h2-7,9,11,16H,8,10,12H2,1H3,(H,22,26)(H,24,25). The van der Waals surface area contributed by atoms with Crippen molar-refractivity contribution in [1.29, 1.82) is 0 Å². The van der Waals surface area contributed by atoms with Gasteiger partial charge in [0.2, 0.25) is 0 Å². The van der Waals surface area contributed by atoms with Crippen LogP contribution in [-0.4, -0.2) is 40.1 Å². The predicted molar refractivity (Wildman–Crippen MR) is 92.9 cm³/mol. The van der Waals surface area contributed by atoms with Crippen molar-refractivity contribution in [2.75, 3.05) is 13.1 Å². The largest absolute Gasteiger partial charge is 0.481 e. The van der Waals surface area contributed by atoms with Crippen LogP contribution in [0.2, 0.25) is 0 Å². The fourth-order valence-corrected chi connectivity index (χ4v) is 3.08. The molecule has 0 bridgehead atoms. The van der Waals surface area contributed by atoms with Gasteiger partial charge in [-0.15, -0.1) is 0 Å². The van der Waals surface area contributed by atoms with Gasteiger partial charge in [-0.25, -0.2) is 9.18 Å². The number of likely N-dealkylation sites (tertiary alicyclic amines) is 1. The van der Waals surface area contributed by atoms with Gasteiger partial charge in [0, 0.05) is 19.3 Å². The van der Waals surface area contributed by atoms with E-state index in [1.54, 1.807) is 43.5 Å². The van der Waals surface area contributed by atoms with Crippen LogP contribution in [0.1, 0.15) is 30.6 Å². The number of carbonyl (C=O) groups excluding carboxylic acids is 1. The summed E-state index contributed by atoms with van der Waals surface area (Å²) in [5.74, 6) is -1.32. The minimum Gasteiger partial charge on any atom is -0.481 e. The maximum absolute atomic E-state index is 13.7. The van der Waals surface area contributed by atoms with E-state index in [1.807, 2.05) is 0 Å². The number of nitrogens with zero attached hydrogens (tertiary/aromatic N) is 2. The van der Waals surface area contributed by atoms with E-state index in [1.165, 1.54) is 17.0 Å². The summed E-state index contributed by atoms with van der Waals surface area (Å²) in [7, 11) is 0. The number of rotatable bonds is 4. The number of carbonyl (C=O) groups is 2. The van der Waals surface area contributed by atoms with Crippen molar-refractivity contribution >= 4 is 12.0 Å². The fourth-order valence-electron chi connectivity index (χ4n) is 3.08. The molecule has 1 aromatic heterocycles. The highest BCUT2D eigenvalue weighted by Crippen LogP contribution is 2.30. The Kier molecular flexibility index (Phi) is 4.88. The zero-order valence-electron chi connectivity index (χ0n) is 14.4. The lowest BCUT2D eigenvalue weighted by Crippen LogP contribution is -2.42. The summed E-state index contributed by atoms with van der Waals surface area (Å²) in [5.41, 5.74) is 0.195. The first-order chi connectivity index (χ1) is 12.4. The van der Waals surface area contributed by atoms with Crippen LogP contribution in [0.4, 0.5) is 9.18 Å². The van der Waals surface area contributed by atoms with E-state index in [4.69, 9.17) is 0 Å². The molecule has 2 amide bonds. The van der Waals surface area contributed by atoms with Crippen LogP contribution in [0, 0.1) is 11.2 Å². The first-order valence-corrected chi connectivity index (χ1v) is 8.34. The second-order valence-corrected chi connectivity index (χ2v) is 6.73. The molecule has 2 aromatic rings. The highest BCUT2D eigenvalue weighted by atomic mass is 19.1. The summed E-state index contributed by atoms with van der Waals surface area (Å²) in [5, 5.41) is 12.2. The Hall–Kier alpha value is -2.96. The highest BCUT2D eigenvalue weighted by molar-refractivity contribution is 5.80. The molecular weight excluding hydrogens is 337 g/mol. The van der Waals surface area contributed by atoms with E-state index in [0.717, 1.165) is 0 Å². The number of hydrogen-bond acceptors (Lipinski definition) is 3. The van der Waals surface area contributed by atoms with Gasteiger partial charge >= 0.3 is 12.0 Å². The number of amides is 2. The molecule has 1 saturated heterocycles. The van der Waals surface area contributed by atoms with Crippen molar-refractivity contribution < 1.29 is 19.1 Å². The molecule has 0 radical (unpaired) electrons. The van der Waals surface area contributed by atoms with E-state index in [0.29, 0.717) is 24.2 Å². The number of aliphatic carboxylic acids is 1. The summed E-state index contributed by atoms with van der Waals surface area (Å²) >= 11 is 0. The third-order valence-electron chi connectivity index (χ3n) is 4.71. The molecule has 2 unspecified atom stereocenters. The fraction of sp³-hybridized carbons (Fsp3) is 0.316. The predicted octanol–water partition coefficient (Wildman–Crippen LogP) is 2.82. The van der Waals surface area contributed by atoms with Gasteiger partial charge in [0.1, 0.15) is 5.82 Å². The maximum Gasteiger partial charge on any atom is 0.318 e. The lowest BCUT2D eigenvalue weighted by Gasteiger charge is -2.24. The molecule has 26 heavy (non-hydrogen) atoms. The normalized spacial score (nSPS) is 20.6. The zero-order valence-corrected chi connectivity index (χ0v) is 14.4. The van der Waals surface area contributed by atoms with Crippen molar-refractivity contribution in [2.45, 2.75) is 19.4 Å². The minimum atomic E-state index is -0.948. The Morgan fingerprint density at radius 3 is 2.73 bits per heavy atom. The van der Waals surface area contributed by atoms with Gasteiger partial charge in [-0.1, -0.05) is 18.2 Å². The number of benzene rings is 1. The minimum absolute atomic E-state index is 0.131. The average Bonchev–Trinajstić information content (AvgIpc) is 3.04. The number of pyridine rings is 1. The molecule has 0 aliphatic carbocycles. The molecule has 136 valence electrons. The van der Waals surface area contributed by atoms with Crippen molar-refractivity contribution in [3.8, 4) is 0 Å². The van der Waals surface area contributed by atoms with Crippen LogP contribution >= 0.6 is 0 Å². The van der Waals surface area contributed by atoms with Crippen molar-refractivity contribution in [3.05, 3.63) is 65.7 Å². The molecule has 1 aromatic carbocycles. The Bertz CT molecular complexity index is 815. The van der Waals surface area contributed by atoms with Crippen LogP contribution < -0.4 is 5.32 Å². The van der Waals surface area contributed by atoms with E-state index >= 15 is 0 Å². The molecule has 1 fully saturated rings. The third kappa shape index (κ3) is 3.66. The Morgan fingerprint density at radius 1 is 1.31 bits per heavy atom. The van der Waals surface area contributed by atoms with Gasteiger partial charge in [0.05, 0.1) is 17.2 Å². The molecule has 2 heterocycles. The third-order valence-corrected chi connectivity index (χ3v) is 4.71. The molecule has 1 aliphatic rings.